The van der Waals surface area contributed by atoms with Crippen molar-refractivity contribution in [3.8, 4) is 11.5 Å². The van der Waals surface area contributed by atoms with Crippen molar-refractivity contribution in [1.29, 1.82) is 0 Å². The Hall–Kier alpha value is -3.53. The molecule has 1 aliphatic carbocycles. The summed E-state index contributed by atoms with van der Waals surface area (Å²) in [6.07, 6.45) is 4.05. The molecule has 3 aromatic rings. The minimum atomic E-state index is -0.690. The third-order valence-electron chi connectivity index (χ3n) is 6.74. The van der Waals surface area contributed by atoms with Gasteiger partial charge in [0.05, 0.1) is 31.8 Å². The Morgan fingerprint density at radius 1 is 1.20 bits per heavy atom. The molecule has 0 radical (unpaired) electrons. The lowest BCUT2D eigenvalue weighted by atomic mass is 10.1. The molecule has 1 saturated heterocycles. The zero-order valence-electron chi connectivity index (χ0n) is 20.2. The molecule has 2 aliphatic rings. The number of nitrogens with one attached hydrogen (secondary N) is 1. The number of hydrogen-bond donors (Lipinski definition) is 1. The monoisotopic (exact) mass is 479 g/mol. The first-order valence-corrected chi connectivity index (χ1v) is 11.6. The second-order valence-electron chi connectivity index (χ2n) is 9.26. The third-order valence-corrected chi connectivity index (χ3v) is 6.74. The Kier molecular flexibility index (Phi) is 6.14. The molecule has 2 fully saturated rings. The van der Waals surface area contributed by atoms with E-state index in [0.717, 1.165) is 40.3 Å². The van der Waals surface area contributed by atoms with E-state index in [2.05, 4.69) is 29.9 Å². The minimum Gasteiger partial charge on any atom is -0.497 e. The van der Waals surface area contributed by atoms with Crippen molar-refractivity contribution in [2.45, 2.75) is 50.8 Å². The first-order valence-electron chi connectivity index (χ1n) is 11.6. The summed E-state index contributed by atoms with van der Waals surface area (Å²) in [5.74, 6) is 1.59. The van der Waals surface area contributed by atoms with E-state index >= 15 is 0 Å². The highest BCUT2D eigenvalue weighted by atomic mass is 16.8. The highest BCUT2D eigenvalue weighted by Crippen LogP contribution is 2.48. The van der Waals surface area contributed by atoms with Gasteiger partial charge < -0.3 is 28.8 Å². The Morgan fingerprint density at radius 2 is 2.03 bits per heavy atom. The van der Waals surface area contributed by atoms with Gasteiger partial charge in [0.2, 0.25) is 0 Å². The molecule has 0 bridgehead atoms. The van der Waals surface area contributed by atoms with Gasteiger partial charge in [-0.05, 0) is 49.9 Å². The fourth-order valence-electron chi connectivity index (χ4n) is 5.21. The fraction of sp³-hybridized carbons (Fsp3) is 0.500. The quantitative estimate of drug-likeness (QED) is 0.287. The van der Waals surface area contributed by atoms with E-state index in [4.69, 9.17) is 24.5 Å². The SMILES string of the molecule is COc1ccc(CNc2ncnc3c2ccn3[C@@H]2C[C@H](CN=[N+]=[N-])[C@H]3OC(C)(C)O[C@H]32)c(OC)c1. The summed E-state index contributed by atoms with van der Waals surface area (Å²) < 4.78 is 25.4. The average Bonchev–Trinajstić information content (AvgIpc) is 3.52. The highest BCUT2D eigenvalue weighted by molar-refractivity contribution is 5.87. The highest BCUT2D eigenvalue weighted by Gasteiger charge is 2.54. The summed E-state index contributed by atoms with van der Waals surface area (Å²) in [5, 5.41) is 8.14. The number of nitrogens with zero attached hydrogens (tertiary/aromatic N) is 6. The van der Waals surface area contributed by atoms with Gasteiger partial charge in [0.1, 0.15) is 35.4 Å². The van der Waals surface area contributed by atoms with E-state index < -0.39 is 5.79 Å². The molecule has 184 valence electrons. The number of azide groups is 1. The molecule has 1 saturated carbocycles. The molecule has 1 aliphatic heterocycles. The van der Waals surface area contributed by atoms with Gasteiger partial charge in [-0.1, -0.05) is 5.11 Å². The van der Waals surface area contributed by atoms with E-state index in [1.54, 1.807) is 20.5 Å². The molecule has 1 N–H and O–H groups in total. The van der Waals surface area contributed by atoms with Crippen molar-refractivity contribution in [1.82, 2.24) is 14.5 Å². The summed E-state index contributed by atoms with van der Waals surface area (Å²) in [5.41, 5.74) is 10.6. The topological polar surface area (TPSA) is 128 Å². The van der Waals surface area contributed by atoms with E-state index in [-0.39, 0.29) is 24.2 Å². The predicted octanol–water partition coefficient (Wildman–Crippen LogP) is 4.45. The summed E-state index contributed by atoms with van der Waals surface area (Å²) in [7, 11) is 3.27. The van der Waals surface area contributed by atoms with Crippen molar-refractivity contribution < 1.29 is 18.9 Å². The van der Waals surface area contributed by atoms with Gasteiger partial charge in [0.15, 0.2) is 5.79 Å². The molecule has 35 heavy (non-hydrogen) atoms. The van der Waals surface area contributed by atoms with E-state index in [9.17, 15) is 0 Å². The number of benzene rings is 1. The number of methoxy groups -OCH3 is 2. The second kappa shape index (κ2) is 9.26. The van der Waals surface area contributed by atoms with Crippen LogP contribution in [0.3, 0.4) is 0 Å². The molecular weight excluding hydrogens is 450 g/mol. The van der Waals surface area contributed by atoms with Gasteiger partial charge in [0.25, 0.3) is 0 Å². The molecule has 4 atom stereocenters. The Morgan fingerprint density at radius 3 is 2.80 bits per heavy atom. The molecular formula is C24H29N7O4. The molecule has 11 nitrogen and oxygen atoms in total. The first kappa shape index (κ1) is 23.2. The molecule has 2 aromatic heterocycles. The Balaban J connectivity index is 1.41. The molecule has 3 heterocycles. The predicted molar refractivity (Wildman–Crippen MR) is 129 cm³/mol. The Bertz CT molecular complexity index is 1270. The number of hydrogen-bond acceptors (Lipinski definition) is 8. The normalized spacial score (nSPS) is 24.7. The van der Waals surface area contributed by atoms with Crippen LogP contribution in [0, 0.1) is 5.92 Å². The zero-order valence-corrected chi connectivity index (χ0v) is 20.2. The van der Waals surface area contributed by atoms with E-state index in [1.807, 2.05) is 44.3 Å². The molecule has 1 aromatic carbocycles. The van der Waals surface area contributed by atoms with Crippen LogP contribution in [0.2, 0.25) is 0 Å². The van der Waals surface area contributed by atoms with Gasteiger partial charge in [-0.3, -0.25) is 0 Å². The van der Waals surface area contributed by atoms with Crippen LogP contribution in [-0.2, 0) is 16.0 Å². The maximum atomic E-state index is 8.83. The number of aromatic nitrogens is 3. The van der Waals surface area contributed by atoms with Crippen LogP contribution in [0.1, 0.15) is 31.9 Å². The van der Waals surface area contributed by atoms with Crippen LogP contribution in [0.15, 0.2) is 41.9 Å². The number of ether oxygens (including phenoxy) is 4. The van der Waals surface area contributed by atoms with Gasteiger partial charge >= 0.3 is 0 Å². The third kappa shape index (κ3) is 4.34. The maximum Gasteiger partial charge on any atom is 0.163 e. The Labute approximate surface area is 203 Å². The van der Waals surface area contributed by atoms with Crippen LogP contribution in [0.4, 0.5) is 5.82 Å². The number of anilines is 1. The standard InChI is InChI=1S/C24H29N7O4/c1-24(2)34-20-15(12-29-30-25)9-18(21(20)35-24)31-8-7-17-22(27-13-28-23(17)31)26-11-14-5-6-16(32-3)10-19(14)33-4/h5-8,10,13,15,18,20-21H,9,11-12H2,1-4H3,(H,26,27,28)/t15-,18-,20-,21+/m1/s1. The van der Waals surface area contributed by atoms with Crippen molar-refractivity contribution in [2.24, 2.45) is 11.0 Å². The molecule has 0 spiro atoms. The largest absolute Gasteiger partial charge is 0.497 e. The van der Waals surface area contributed by atoms with Crippen LogP contribution in [0.25, 0.3) is 21.5 Å². The van der Waals surface area contributed by atoms with Gasteiger partial charge in [-0.2, -0.15) is 0 Å². The zero-order chi connectivity index (χ0) is 24.6. The number of rotatable bonds is 8. The fourth-order valence-corrected chi connectivity index (χ4v) is 5.21. The van der Waals surface area contributed by atoms with Crippen molar-refractivity contribution in [3.05, 3.63) is 52.8 Å². The van der Waals surface area contributed by atoms with Gasteiger partial charge in [0, 0.05) is 35.8 Å². The van der Waals surface area contributed by atoms with Crippen LogP contribution in [0.5, 0.6) is 11.5 Å². The summed E-state index contributed by atoms with van der Waals surface area (Å²) in [6.45, 7) is 4.73. The molecule has 0 unspecified atom stereocenters. The van der Waals surface area contributed by atoms with Crippen molar-refractivity contribution >= 4 is 16.9 Å². The van der Waals surface area contributed by atoms with Gasteiger partial charge in [-0.25, -0.2) is 9.97 Å². The van der Waals surface area contributed by atoms with E-state index in [0.29, 0.717) is 13.1 Å². The second-order valence-corrected chi connectivity index (χ2v) is 9.26. The average molecular weight is 480 g/mol. The lowest BCUT2D eigenvalue weighted by Crippen LogP contribution is -2.27. The summed E-state index contributed by atoms with van der Waals surface area (Å²) in [4.78, 5) is 12.0. The molecule has 11 heteroatoms. The summed E-state index contributed by atoms with van der Waals surface area (Å²) >= 11 is 0. The first-order chi connectivity index (χ1) is 16.9. The van der Waals surface area contributed by atoms with Crippen molar-refractivity contribution in [3.63, 3.8) is 0 Å². The van der Waals surface area contributed by atoms with E-state index in [1.165, 1.54) is 0 Å². The smallest absolute Gasteiger partial charge is 0.163 e. The summed E-state index contributed by atoms with van der Waals surface area (Å²) in [6, 6.07) is 7.75. The van der Waals surface area contributed by atoms with Crippen LogP contribution < -0.4 is 14.8 Å². The minimum absolute atomic E-state index is 0.00241. The van der Waals surface area contributed by atoms with Crippen LogP contribution >= 0.6 is 0 Å². The lowest BCUT2D eigenvalue weighted by Gasteiger charge is -2.24. The molecule has 5 rings (SSSR count). The lowest BCUT2D eigenvalue weighted by molar-refractivity contribution is -0.159. The molecule has 0 amide bonds. The van der Waals surface area contributed by atoms with Crippen LogP contribution in [-0.4, -0.2) is 53.3 Å². The van der Waals surface area contributed by atoms with Crippen molar-refractivity contribution in [2.75, 3.05) is 26.1 Å². The maximum absolute atomic E-state index is 8.83. The number of fused-ring (bicyclic) bond motifs is 2. The van der Waals surface area contributed by atoms with Gasteiger partial charge in [-0.15, -0.1) is 0 Å².